The van der Waals surface area contributed by atoms with Crippen molar-refractivity contribution >= 4 is 0 Å². The molecule has 0 aromatic heterocycles. The molecule has 0 atom stereocenters. The van der Waals surface area contributed by atoms with Crippen LogP contribution in [0.4, 0.5) is 0 Å². The fourth-order valence-corrected chi connectivity index (χ4v) is 1.36. The molecule has 2 nitrogen and oxygen atoms in total. The Bertz CT molecular complexity index is 270. The molecule has 0 saturated heterocycles. The molecule has 0 spiro atoms. The smallest absolute Gasteiger partial charge is 0.851 e. The fourth-order valence-electron chi connectivity index (χ4n) is 1.36. The van der Waals surface area contributed by atoms with Gasteiger partial charge in [-0.05, 0) is 30.9 Å². The molecule has 0 bridgehead atoms. The molecule has 0 N–H and O–H groups in total. The van der Waals surface area contributed by atoms with Crippen molar-refractivity contribution < 1.29 is 61.2 Å². The Morgan fingerprint density at radius 2 is 1.81 bits per heavy atom. The molecule has 1 aromatic carbocycles. The first-order chi connectivity index (χ1) is 7.22. The van der Waals surface area contributed by atoms with Gasteiger partial charge in [-0.1, -0.05) is 31.5 Å². The number of hydrogen-bond donors (Lipinski definition) is 0. The van der Waals surface area contributed by atoms with Crippen LogP contribution < -0.4 is 61.2 Å². The van der Waals surface area contributed by atoms with Crippen molar-refractivity contribution in [1.29, 1.82) is 0 Å². The van der Waals surface area contributed by atoms with Gasteiger partial charge in [0, 0.05) is 0 Å². The summed E-state index contributed by atoms with van der Waals surface area (Å²) in [5, 5.41) is 10.5. The van der Waals surface area contributed by atoms with Crippen LogP contribution >= 0.6 is 0 Å². The Hall–Kier alpha value is 0.616. The molecule has 0 heterocycles. The normalized spacial score (nSPS) is 10.0. The third-order valence-corrected chi connectivity index (χ3v) is 2.28. The maximum atomic E-state index is 10.5. The Morgan fingerprint density at radius 3 is 2.31 bits per heavy atom. The summed E-state index contributed by atoms with van der Waals surface area (Å²) in [6.07, 6.45) is 2.28. The number of ether oxygens (including phenoxy) is 1. The van der Waals surface area contributed by atoms with Gasteiger partial charge in [-0.25, -0.2) is 0 Å². The van der Waals surface area contributed by atoms with E-state index in [1.807, 2.05) is 24.3 Å². The van der Waals surface area contributed by atoms with E-state index in [1.165, 1.54) is 6.42 Å². The molecule has 16 heavy (non-hydrogen) atoms. The quantitative estimate of drug-likeness (QED) is 0.494. The molecular weight excluding hydrogens is 227 g/mol. The third-order valence-electron chi connectivity index (χ3n) is 2.28. The van der Waals surface area contributed by atoms with Crippen LogP contribution in [0.2, 0.25) is 0 Å². The Morgan fingerprint density at radius 1 is 1.19 bits per heavy atom. The zero-order chi connectivity index (χ0) is 11.1. The average Bonchev–Trinajstić information content (AvgIpc) is 2.25. The molecule has 0 saturated carbocycles. The van der Waals surface area contributed by atoms with Gasteiger partial charge < -0.3 is 9.84 Å². The number of rotatable bonds is 6. The minimum Gasteiger partial charge on any atom is -0.851 e. The Labute approximate surface area is 141 Å². The Balaban J connectivity index is 0.00000225. The van der Waals surface area contributed by atoms with E-state index in [0.29, 0.717) is 0 Å². The Kier molecular flexibility index (Phi) is 10.00. The average molecular weight is 246 g/mol. The molecule has 0 amide bonds. The molecule has 0 aliphatic rings. The van der Waals surface area contributed by atoms with Crippen LogP contribution in [-0.2, 0) is 6.61 Å². The van der Waals surface area contributed by atoms with Gasteiger partial charge in [0.05, 0.1) is 6.61 Å². The maximum Gasteiger partial charge on any atom is 1.00 e. The van der Waals surface area contributed by atoms with E-state index in [4.69, 9.17) is 4.74 Å². The van der Waals surface area contributed by atoms with Gasteiger partial charge in [0.1, 0.15) is 5.75 Å². The van der Waals surface area contributed by atoms with Crippen LogP contribution in [0.5, 0.6) is 5.75 Å². The van der Waals surface area contributed by atoms with Crippen molar-refractivity contribution in [2.75, 3.05) is 6.61 Å². The molecule has 1 rings (SSSR count). The minimum absolute atomic E-state index is 0. The van der Waals surface area contributed by atoms with E-state index in [1.54, 1.807) is 0 Å². The van der Waals surface area contributed by atoms with E-state index in [0.717, 1.165) is 30.3 Å². The fraction of sp³-hybridized carbons (Fsp3) is 0.538. The SMILES string of the molecule is CC(C)CCCOc1ccc(C[O-])cc1.[K+]. The second kappa shape index (κ2) is 9.63. The van der Waals surface area contributed by atoms with Gasteiger partial charge in [0.2, 0.25) is 0 Å². The summed E-state index contributed by atoms with van der Waals surface area (Å²) in [6, 6.07) is 7.38. The van der Waals surface area contributed by atoms with E-state index in [-0.39, 0.29) is 58.0 Å². The van der Waals surface area contributed by atoms with Gasteiger partial charge in [-0.15, -0.1) is 6.61 Å². The van der Waals surface area contributed by atoms with Crippen molar-refractivity contribution in [3.05, 3.63) is 29.8 Å². The predicted molar refractivity (Wildman–Crippen MR) is 59.7 cm³/mol. The molecule has 3 heteroatoms. The van der Waals surface area contributed by atoms with E-state index < -0.39 is 0 Å². The first-order valence-corrected chi connectivity index (χ1v) is 5.52. The molecule has 84 valence electrons. The van der Waals surface area contributed by atoms with Crippen LogP contribution in [0, 0.1) is 5.92 Å². The van der Waals surface area contributed by atoms with Gasteiger partial charge >= 0.3 is 51.4 Å². The molecule has 0 fully saturated rings. The van der Waals surface area contributed by atoms with Crippen LogP contribution in [0.1, 0.15) is 32.3 Å². The topological polar surface area (TPSA) is 32.3 Å². The first kappa shape index (κ1) is 16.6. The summed E-state index contributed by atoms with van der Waals surface area (Å²) < 4.78 is 5.55. The molecule has 0 unspecified atom stereocenters. The summed E-state index contributed by atoms with van der Waals surface area (Å²) in [5.41, 5.74) is 0.810. The summed E-state index contributed by atoms with van der Waals surface area (Å²) in [4.78, 5) is 0. The van der Waals surface area contributed by atoms with Gasteiger partial charge in [-0.3, -0.25) is 0 Å². The second-order valence-corrected chi connectivity index (χ2v) is 4.17. The predicted octanol–water partition coefficient (Wildman–Crippen LogP) is -0.634. The van der Waals surface area contributed by atoms with E-state index in [9.17, 15) is 5.11 Å². The standard InChI is InChI=1S/C13H19O2.K/c1-11(2)4-3-9-15-13-7-5-12(10-14)6-8-13;/h5-8,11H,3-4,9-10H2,1-2H3;/q-1;+1. The van der Waals surface area contributed by atoms with E-state index >= 15 is 0 Å². The van der Waals surface area contributed by atoms with Crippen LogP contribution in [-0.4, -0.2) is 6.61 Å². The maximum absolute atomic E-state index is 10.5. The van der Waals surface area contributed by atoms with Crippen molar-refractivity contribution in [3.8, 4) is 5.75 Å². The third kappa shape index (κ3) is 7.04. The largest absolute Gasteiger partial charge is 1.00 e. The monoisotopic (exact) mass is 246 g/mol. The minimum atomic E-state index is -0.159. The van der Waals surface area contributed by atoms with Crippen LogP contribution in [0.3, 0.4) is 0 Å². The molecule has 0 aliphatic heterocycles. The van der Waals surface area contributed by atoms with Crippen molar-refractivity contribution in [2.45, 2.75) is 33.3 Å². The summed E-state index contributed by atoms with van der Waals surface area (Å²) in [7, 11) is 0. The van der Waals surface area contributed by atoms with E-state index in [2.05, 4.69) is 13.8 Å². The van der Waals surface area contributed by atoms with Gasteiger partial charge in [0.15, 0.2) is 0 Å². The number of benzene rings is 1. The van der Waals surface area contributed by atoms with Crippen LogP contribution in [0.25, 0.3) is 0 Å². The zero-order valence-electron chi connectivity index (χ0n) is 10.5. The molecule has 0 radical (unpaired) electrons. The summed E-state index contributed by atoms with van der Waals surface area (Å²) >= 11 is 0. The molecule has 0 aliphatic carbocycles. The zero-order valence-corrected chi connectivity index (χ0v) is 13.7. The van der Waals surface area contributed by atoms with Crippen molar-refractivity contribution in [2.24, 2.45) is 5.92 Å². The van der Waals surface area contributed by atoms with Gasteiger partial charge in [-0.2, -0.15) is 0 Å². The van der Waals surface area contributed by atoms with Gasteiger partial charge in [0.25, 0.3) is 0 Å². The van der Waals surface area contributed by atoms with Crippen molar-refractivity contribution in [3.63, 3.8) is 0 Å². The molecule has 1 aromatic rings. The number of hydrogen-bond acceptors (Lipinski definition) is 2. The summed E-state index contributed by atoms with van der Waals surface area (Å²) in [6.45, 7) is 5.02. The van der Waals surface area contributed by atoms with Crippen LogP contribution in [0.15, 0.2) is 24.3 Å². The molecular formula is C13H19KO2. The second-order valence-electron chi connectivity index (χ2n) is 4.17. The first-order valence-electron chi connectivity index (χ1n) is 5.52. The summed E-state index contributed by atoms with van der Waals surface area (Å²) in [5.74, 6) is 1.59. The van der Waals surface area contributed by atoms with Crippen molar-refractivity contribution in [1.82, 2.24) is 0 Å².